The van der Waals surface area contributed by atoms with Gasteiger partial charge in [0.1, 0.15) is 0 Å². The zero-order valence-electron chi connectivity index (χ0n) is 5.70. The third-order valence-corrected chi connectivity index (χ3v) is 2.71. The standard InChI is InChI=1S/C6H13BrO/c1-4-6(2,5-7)8-3/h4-5H2,1-3H3. The van der Waals surface area contributed by atoms with Crippen molar-refractivity contribution in [3.8, 4) is 0 Å². The molecule has 0 spiro atoms. The number of ether oxygens (including phenoxy) is 1. The number of methoxy groups -OCH3 is 1. The summed E-state index contributed by atoms with van der Waals surface area (Å²) in [5.74, 6) is 0. The summed E-state index contributed by atoms with van der Waals surface area (Å²) in [5, 5.41) is 0.910. The summed E-state index contributed by atoms with van der Waals surface area (Å²) >= 11 is 3.37. The van der Waals surface area contributed by atoms with Crippen LogP contribution in [0.25, 0.3) is 0 Å². The molecule has 0 radical (unpaired) electrons. The molecule has 1 unspecified atom stereocenters. The van der Waals surface area contributed by atoms with Crippen molar-refractivity contribution in [1.29, 1.82) is 0 Å². The minimum atomic E-state index is 0.0417. The molecule has 0 aromatic carbocycles. The Morgan fingerprint density at radius 3 is 2.12 bits per heavy atom. The summed E-state index contributed by atoms with van der Waals surface area (Å²) in [5.41, 5.74) is 0.0417. The maximum Gasteiger partial charge on any atom is 0.0744 e. The molecule has 1 atom stereocenters. The van der Waals surface area contributed by atoms with Crippen LogP contribution < -0.4 is 0 Å². The van der Waals surface area contributed by atoms with Gasteiger partial charge in [0.2, 0.25) is 0 Å². The van der Waals surface area contributed by atoms with Crippen LogP contribution in [0.1, 0.15) is 20.3 Å². The monoisotopic (exact) mass is 180 g/mol. The maximum absolute atomic E-state index is 5.19. The molecule has 0 fully saturated rings. The zero-order chi connectivity index (χ0) is 6.62. The van der Waals surface area contributed by atoms with Gasteiger partial charge in [0, 0.05) is 12.4 Å². The van der Waals surface area contributed by atoms with Crippen molar-refractivity contribution >= 4 is 15.9 Å². The molecule has 1 nitrogen and oxygen atoms in total. The third-order valence-electron chi connectivity index (χ3n) is 1.52. The average molecular weight is 181 g/mol. The van der Waals surface area contributed by atoms with Crippen LogP contribution in [0, 0.1) is 0 Å². The van der Waals surface area contributed by atoms with Crippen LogP contribution in [0.15, 0.2) is 0 Å². The lowest BCUT2D eigenvalue weighted by atomic mass is 10.1. The Kier molecular flexibility index (Phi) is 3.65. The first-order valence-corrected chi connectivity index (χ1v) is 3.92. The van der Waals surface area contributed by atoms with E-state index in [0.717, 1.165) is 11.8 Å². The molecule has 8 heavy (non-hydrogen) atoms. The normalized spacial score (nSPS) is 18.0. The van der Waals surface area contributed by atoms with E-state index in [-0.39, 0.29) is 5.60 Å². The molecular weight excluding hydrogens is 168 g/mol. The Balaban J connectivity index is 3.58. The predicted octanol–water partition coefficient (Wildman–Crippen LogP) is 2.20. The lowest BCUT2D eigenvalue weighted by Crippen LogP contribution is -2.27. The first kappa shape index (κ1) is 8.44. The van der Waals surface area contributed by atoms with Gasteiger partial charge in [-0.1, -0.05) is 22.9 Å². The van der Waals surface area contributed by atoms with Gasteiger partial charge in [-0.15, -0.1) is 0 Å². The molecule has 0 aromatic heterocycles. The van der Waals surface area contributed by atoms with Crippen LogP contribution in [0.4, 0.5) is 0 Å². The molecule has 0 saturated heterocycles. The fraction of sp³-hybridized carbons (Fsp3) is 1.00. The second-order valence-electron chi connectivity index (χ2n) is 2.14. The fourth-order valence-electron chi connectivity index (χ4n) is 0.293. The second kappa shape index (κ2) is 3.46. The Morgan fingerprint density at radius 2 is 2.12 bits per heavy atom. The Morgan fingerprint density at radius 1 is 1.62 bits per heavy atom. The first-order valence-electron chi connectivity index (χ1n) is 2.79. The van der Waals surface area contributed by atoms with Gasteiger partial charge in [-0.2, -0.15) is 0 Å². The van der Waals surface area contributed by atoms with Crippen molar-refractivity contribution in [3.05, 3.63) is 0 Å². The second-order valence-corrected chi connectivity index (χ2v) is 2.70. The predicted molar refractivity (Wildman–Crippen MR) is 39.5 cm³/mol. The first-order chi connectivity index (χ1) is 3.68. The smallest absolute Gasteiger partial charge is 0.0744 e. The van der Waals surface area contributed by atoms with Gasteiger partial charge < -0.3 is 4.74 Å². The van der Waals surface area contributed by atoms with Crippen LogP contribution in [-0.2, 0) is 4.74 Å². The summed E-state index contributed by atoms with van der Waals surface area (Å²) in [6.07, 6.45) is 1.05. The molecule has 0 saturated carbocycles. The minimum absolute atomic E-state index is 0.0417. The average Bonchev–Trinajstić information content (AvgIpc) is 1.87. The van der Waals surface area contributed by atoms with E-state index in [1.165, 1.54) is 0 Å². The fourth-order valence-corrected chi connectivity index (χ4v) is 0.919. The number of rotatable bonds is 3. The van der Waals surface area contributed by atoms with E-state index in [1.807, 2.05) is 0 Å². The van der Waals surface area contributed by atoms with Crippen molar-refractivity contribution < 1.29 is 4.74 Å². The highest BCUT2D eigenvalue weighted by molar-refractivity contribution is 9.09. The molecule has 0 aliphatic carbocycles. The summed E-state index contributed by atoms with van der Waals surface area (Å²) in [6.45, 7) is 4.20. The largest absolute Gasteiger partial charge is 0.378 e. The highest BCUT2D eigenvalue weighted by Crippen LogP contribution is 2.15. The van der Waals surface area contributed by atoms with Crippen LogP contribution in [0.2, 0.25) is 0 Å². The van der Waals surface area contributed by atoms with Gasteiger partial charge in [0.25, 0.3) is 0 Å². The van der Waals surface area contributed by atoms with Gasteiger partial charge in [0.15, 0.2) is 0 Å². The molecule has 2 heteroatoms. The van der Waals surface area contributed by atoms with Crippen LogP contribution in [0.3, 0.4) is 0 Å². The van der Waals surface area contributed by atoms with Crippen LogP contribution in [-0.4, -0.2) is 18.0 Å². The number of halogens is 1. The van der Waals surface area contributed by atoms with Crippen molar-refractivity contribution in [2.45, 2.75) is 25.9 Å². The van der Waals surface area contributed by atoms with Gasteiger partial charge in [-0.3, -0.25) is 0 Å². The molecule has 0 rings (SSSR count). The Hall–Kier alpha value is 0.440. The van der Waals surface area contributed by atoms with Crippen LogP contribution in [0.5, 0.6) is 0 Å². The lowest BCUT2D eigenvalue weighted by Gasteiger charge is -2.23. The van der Waals surface area contributed by atoms with Crippen molar-refractivity contribution in [1.82, 2.24) is 0 Å². The summed E-state index contributed by atoms with van der Waals surface area (Å²) in [4.78, 5) is 0. The summed E-state index contributed by atoms with van der Waals surface area (Å²) in [7, 11) is 1.74. The number of alkyl halides is 1. The number of hydrogen-bond acceptors (Lipinski definition) is 1. The lowest BCUT2D eigenvalue weighted by molar-refractivity contribution is 0.0250. The number of hydrogen-bond donors (Lipinski definition) is 0. The summed E-state index contributed by atoms with van der Waals surface area (Å²) in [6, 6.07) is 0. The highest BCUT2D eigenvalue weighted by atomic mass is 79.9. The van der Waals surface area contributed by atoms with E-state index in [2.05, 4.69) is 29.8 Å². The molecule has 0 heterocycles. The topological polar surface area (TPSA) is 9.23 Å². The van der Waals surface area contributed by atoms with Gasteiger partial charge in [-0.05, 0) is 13.3 Å². The van der Waals surface area contributed by atoms with E-state index < -0.39 is 0 Å². The van der Waals surface area contributed by atoms with Crippen molar-refractivity contribution in [3.63, 3.8) is 0 Å². The molecule has 0 N–H and O–H groups in total. The Bertz CT molecular complexity index is 51.3. The van der Waals surface area contributed by atoms with Crippen LogP contribution >= 0.6 is 15.9 Å². The van der Waals surface area contributed by atoms with E-state index >= 15 is 0 Å². The van der Waals surface area contributed by atoms with Crippen molar-refractivity contribution in [2.75, 3.05) is 12.4 Å². The SMILES string of the molecule is CCC(C)(CBr)OC. The molecule has 0 aliphatic rings. The Labute approximate surface area is 59.5 Å². The van der Waals surface area contributed by atoms with Crippen molar-refractivity contribution in [2.24, 2.45) is 0 Å². The maximum atomic E-state index is 5.19. The van der Waals surface area contributed by atoms with E-state index in [0.29, 0.717) is 0 Å². The molecule has 50 valence electrons. The molecular formula is C6H13BrO. The summed E-state index contributed by atoms with van der Waals surface area (Å²) < 4.78 is 5.19. The molecule has 0 amide bonds. The van der Waals surface area contributed by atoms with Gasteiger partial charge >= 0.3 is 0 Å². The van der Waals surface area contributed by atoms with Gasteiger partial charge in [0.05, 0.1) is 5.60 Å². The molecule has 0 aromatic rings. The zero-order valence-corrected chi connectivity index (χ0v) is 7.29. The quantitative estimate of drug-likeness (QED) is 0.606. The highest BCUT2D eigenvalue weighted by Gasteiger charge is 2.17. The molecule has 0 bridgehead atoms. The van der Waals surface area contributed by atoms with E-state index in [1.54, 1.807) is 7.11 Å². The third kappa shape index (κ3) is 2.14. The minimum Gasteiger partial charge on any atom is -0.378 e. The van der Waals surface area contributed by atoms with E-state index in [4.69, 9.17) is 4.74 Å². The van der Waals surface area contributed by atoms with Gasteiger partial charge in [-0.25, -0.2) is 0 Å². The van der Waals surface area contributed by atoms with E-state index in [9.17, 15) is 0 Å². The molecule has 0 aliphatic heterocycles.